The number of aliphatic hydroxyl groups is 1. The Morgan fingerprint density at radius 1 is 1.53 bits per heavy atom. The van der Waals surface area contributed by atoms with Crippen molar-refractivity contribution < 1.29 is 9.84 Å². The van der Waals surface area contributed by atoms with E-state index in [1.165, 1.54) is 5.56 Å². The van der Waals surface area contributed by atoms with Gasteiger partial charge >= 0.3 is 0 Å². The van der Waals surface area contributed by atoms with E-state index >= 15 is 0 Å². The molecule has 1 N–H and O–H groups in total. The Bertz CT molecular complexity index is 409. The van der Waals surface area contributed by atoms with Gasteiger partial charge in [-0.05, 0) is 54.5 Å². The molecule has 17 heavy (non-hydrogen) atoms. The number of aryl methyl sites for hydroxylation is 1. The van der Waals surface area contributed by atoms with Gasteiger partial charge in [0.05, 0.1) is 6.10 Å². The van der Waals surface area contributed by atoms with Crippen LogP contribution in [-0.4, -0.2) is 11.7 Å². The summed E-state index contributed by atoms with van der Waals surface area (Å²) in [6.07, 6.45) is 3.61. The van der Waals surface area contributed by atoms with Crippen LogP contribution < -0.4 is 4.74 Å². The third-order valence-corrected chi connectivity index (χ3v) is 3.34. The van der Waals surface area contributed by atoms with Crippen molar-refractivity contribution in [2.75, 3.05) is 6.61 Å². The molecule has 1 atom stereocenters. The number of hydrogen-bond donors (Lipinski definition) is 1. The van der Waals surface area contributed by atoms with Crippen LogP contribution in [0.2, 0.25) is 0 Å². The zero-order valence-corrected chi connectivity index (χ0v) is 10.4. The molecule has 0 saturated heterocycles. The highest BCUT2D eigenvalue weighted by Gasteiger charge is 2.18. The molecule has 1 aliphatic carbocycles. The number of rotatable bonds is 4. The van der Waals surface area contributed by atoms with Crippen LogP contribution in [0.1, 0.15) is 43.4 Å². The van der Waals surface area contributed by atoms with E-state index in [0.717, 1.165) is 42.6 Å². The summed E-state index contributed by atoms with van der Waals surface area (Å²) in [7, 11) is 0. The molecule has 1 aliphatic rings. The molecule has 2 nitrogen and oxygen atoms in total. The first-order valence-corrected chi connectivity index (χ1v) is 6.31. The monoisotopic (exact) mass is 232 g/mol. The van der Waals surface area contributed by atoms with Crippen LogP contribution in [0, 0.1) is 0 Å². The van der Waals surface area contributed by atoms with Gasteiger partial charge in [-0.15, -0.1) is 0 Å². The molecular formula is C15H20O2. The summed E-state index contributed by atoms with van der Waals surface area (Å²) < 4.78 is 5.66. The minimum atomic E-state index is -0.323. The second-order valence-corrected chi connectivity index (χ2v) is 4.66. The van der Waals surface area contributed by atoms with E-state index in [2.05, 4.69) is 19.6 Å². The Balaban J connectivity index is 2.10. The van der Waals surface area contributed by atoms with Crippen molar-refractivity contribution >= 4 is 0 Å². The Hall–Kier alpha value is -1.28. The molecule has 0 spiro atoms. The van der Waals surface area contributed by atoms with Crippen molar-refractivity contribution in [2.45, 2.75) is 38.7 Å². The van der Waals surface area contributed by atoms with Crippen LogP contribution in [0.5, 0.6) is 5.75 Å². The minimum Gasteiger partial charge on any atom is -0.489 e. The maximum absolute atomic E-state index is 9.94. The van der Waals surface area contributed by atoms with Crippen LogP contribution in [0.25, 0.3) is 0 Å². The molecule has 0 bridgehead atoms. The van der Waals surface area contributed by atoms with Crippen LogP contribution in [-0.2, 0) is 6.42 Å². The van der Waals surface area contributed by atoms with Crippen LogP contribution in [0.15, 0.2) is 30.4 Å². The average Bonchev–Trinajstić information content (AvgIpc) is 2.36. The molecule has 0 heterocycles. The Morgan fingerprint density at radius 2 is 2.35 bits per heavy atom. The van der Waals surface area contributed by atoms with Crippen LogP contribution in [0.3, 0.4) is 0 Å². The standard InChI is InChI=1S/C15H20O2/c1-3-11(2)10-17-13-8-7-12-5-4-6-15(16)14(12)9-13/h7-9,15-16H,2-6,10H2,1H3/t15-/m0/s1. The quantitative estimate of drug-likeness (QED) is 0.806. The van der Waals surface area contributed by atoms with Crippen LogP contribution >= 0.6 is 0 Å². The van der Waals surface area contributed by atoms with E-state index in [-0.39, 0.29) is 6.10 Å². The lowest BCUT2D eigenvalue weighted by Crippen LogP contribution is -2.09. The summed E-state index contributed by atoms with van der Waals surface area (Å²) in [6, 6.07) is 6.03. The highest BCUT2D eigenvalue weighted by molar-refractivity contribution is 5.38. The molecule has 0 fully saturated rings. The zero-order valence-electron chi connectivity index (χ0n) is 10.4. The van der Waals surface area contributed by atoms with Gasteiger partial charge in [0.15, 0.2) is 0 Å². The van der Waals surface area contributed by atoms with E-state index in [0.29, 0.717) is 6.61 Å². The van der Waals surface area contributed by atoms with Gasteiger partial charge in [0.1, 0.15) is 12.4 Å². The maximum atomic E-state index is 9.94. The minimum absolute atomic E-state index is 0.323. The van der Waals surface area contributed by atoms with E-state index in [9.17, 15) is 5.11 Å². The van der Waals surface area contributed by atoms with Crippen molar-refractivity contribution in [2.24, 2.45) is 0 Å². The molecule has 0 aromatic heterocycles. The molecule has 0 aliphatic heterocycles. The molecular weight excluding hydrogens is 212 g/mol. The van der Waals surface area contributed by atoms with Gasteiger partial charge in [-0.2, -0.15) is 0 Å². The number of aliphatic hydroxyl groups excluding tert-OH is 1. The third kappa shape index (κ3) is 2.89. The lowest BCUT2D eigenvalue weighted by Gasteiger charge is -2.22. The molecule has 92 valence electrons. The number of benzene rings is 1. The van der Waals surface area contributed by atoms with Gasteiger partial charge < -0.3 is 9.84 Å². The van der Waals surface area contributed by atoms with Crippen molar-refractivity contribution in [3.8, 4) is 5.75 Å². The fraction of sp³-hybridized carbons (Fsp3) is 0.467. The molecule has 0 amide bonds. The SMILES string of the molecule is C=C(CC)COc1ccc2c(c1)[C@@H](O)CCC2. The zero-order chi connectivity index (χ0) is 12.3. The lowest BCUT2D eigenvalue weighted by molar-refractivity contribution is 0.156. The molecule has 0 saturated carbocycles. The van der Waals surface area contributed by atoms with Crippen molar-refractivity contribution in [3.63, 3.8) is 0 Å². The first-order chi connectivity index (χ1) is 8.20. The second-order valence-electron chi connectivity index (χ2n) is 4.66. The van der Waals surface area contributed by atoms with Gasteiger partial charge in [-0.1, -0.05) is 19.6 Å². The Labute approximate surface area is 103 Å². The average molecular weight is 232 g/mol. The fourth-order valence-corrected chi connectivity index (χ4v) is 2.13. The smallest absolute Gasteiger partial charge is 0.120 e. The topological polar surface area (TPSA) is 29.5 Å². The van der Waals surface area contributed by atoms with Gasteiger partial charge in [0, 0.05) is 0 Å². The molecule has 0 unspecified atom stereocenters. The number of hydrogen-bond acceptors (Lipinski definition) is 2. The maximum Gasteiger partial charge on any atom is 0.120 e. The Morgan fingerprint density at radius 3 is 3.12 bits per heavy atom. The summed E-state index contributed by atoms with van der Waals surface area (Å²) in [5.74, 6) is 0.833. The van der Waals surface area contributed by atoms with Crippen LogP contribution in [0.4, 0.5) is 0 Å². The molecule has 2 heteroatoms. The van der Waals surface area contributed by atoms with Crippen molar-refractivity contribution in [3.05, 3.63) is 41.5 Å². The highest BCUT2D eigenvalue weighted by Crippen LogP contribution is 2.32. The second kappa shape index (κ2) is 5.37. The largest absolute Gasteiger partial charge is 0.489 e. The molecule has 1 aromatic carbocycles. The van der Waals surface area contributed by atoms with Crippen molar-refractivity contribution in [1.82, 2.24) is 0 Å². The van der Waals surface area contributed by atoms with Gasteiger partial charge in [-0.3, -0.25) is 0 Å². The predicted molar refractivity (Wildman–Crippen MR) is 69.3 cm³/mol. The van der Waals surface area contributed by atoms with Crippen molar-refractivity contribution in [1.29, 1.82) is 0 Å². The summed E-state index contributed by atoms with van der Waals surface area (Å²) in [4.78, 5) is 0. The normalized spacial score (nSPS) is 18.6. The number of ether oxygens (including phenoxy) is 1. The van der Waals surface area contributed by atoms with E-state index in [1.54, 1.807) is 0 Å². The van der Waals surface area contributed by atoms with Gasteiger partial charge in [-0.25, -0.2) is 0 Å². The van der Waals surface area contributed by atoms with Gasteiger partial charge in [0.2, 0.25) is 0 Å². The summed E-state index contributed by atoms with van der Waals surface area (Å²) in [5.41, 5.74) is 3.38. The molecule has 0 radical (unpaired) electrons. The van der Waals surface area contributed by atoms with E-state index in [4.69, 9.17) is 4.74 Å². The van der Waals surface area contributed by atoms with E-state index < -0.39 is 0 Å². The summed E-state index contributed by atoms with van der Waals surface area (Å²) >= 11 is 0. The number of fused-ring (bicyclic) bond motifs is 1. The highest BCUT2D eigenvalue weighted by atomic mass is 16.5. The molecule has 1 aromatic rings. The molecule has 2 rings (SSSR count). The van der Waals surface area contributed by atoms with E-state index in [1.807, 2.05) is 12.1 Å². The van der Waals surface area contributed by atoms with Gasteiger partial charge in [0.25, 0.3) is 0 Å². The predicted octanol–water partition coefficient (Wildman–Crippen LogP) is 3.40. The first kappa shape index (κ1) is 12.2. The lowest BCUT2D eigenvalue weighted by atomic mass is 9.89. The third-order valence-electron chi connectivity index (χ3n) is 3.34. The first-order valence-electron chi connectivity index (χ1n) is 6.31. The fourth-order valence-electron chi connectivity index (χ4n) is 2.13. The summed E-state index contributed by atoms with van der Waals surface area (Å²) in [6.45, 7) is 6.55. The summed E-state index contributed by atoms with van der Waals surface area (Å²) in [5, 5.41) is 9.94. The Kier molecular flexibility index (Phi) is 3.85.